The fourth-order valence-electron chi connectivity index (χ4n) is 2.42. The van der Waals surface area contributed by atoms with Crippen LogP contribution in [-0.2, 0) is 25.6 Å². The minimum atomic E-state index is -0.742. The number of hydrogen-bond acceptors (Lipinski definition) is 5. The number of alkyl carbamates (subject to hydrolysis) is 1. The molecule has 1 N–H and O–H groups in total. The monoisotopic (exact) mass is 307 g/mol. The maximum absolute atomic E-state index is 11.9. The Morgan fingerprint density at radius 3 is 2.77 bits per heavy atom. The Hall–Kier alpha value is -2.08. The molecule has 0 radical (unpaired) electrons. The van der Waals surface area contributed by atoms with Crippen molar-refractivity contribution in [2.75, 3.05) is 20.3 Å². The highest BCUT2D eigenvalue weighted by molar-refractivity contribution is 5.81. The van der Waals surface area contributed by atoms with Gasteiger partial charge < -0.3 is 19.5 Å². The first-order chi connectivity index (χ1) is 10.7. The Labute approximate surface area is 129 Å². The molecule has 6 heteroatoms. The van der Waals surface area contributed by atoms with Gasteiger partial charge in [-0.15, -0.1) is 0 Å². The molecule has 2 unspecified atom stereocenters. The predicted molar refractivity (Wildman–Crippen MR) is 79.1 cm³/mol. The van der Waals surface area contributed by atoms with Crippen LogP contribution in [-0.4, -0.2) is 38.4 Å². The maximum Gasteiger partial charge on any atom is 0.408 e. The first kappa shape index (κ1) is 16.3. The van der Waals surface area contributed by atoms with Crippen molar-refractivity contribution < 1.29 is 23.8 Å². The van der Waals surface area contributed by atoms with E-state index in [0.717, 1.165) is 18.4 Å². The molecule has 1 amide bonds. The number of ether oxygens (including phenoxy) is 3. The summed E-state index contributed by atoms with van der Waals surface area (Å²) in [6.07, 6.45) is 1.03. The second kappa shape index (κ2) is 8.38. The average molecular weight is 307 g/mol. The zero-order valence-electron chi connectivity index (χ0n) is 12.6. The molecule has 2 atom stereocenters. The van der Waals surface area contributed by atoms with Gasteiger partial charge in [-0.05, 0) is 18.4 Å². The molecular formula is C16H21NO5. The van der Waals surface area contributed by atoms with Crippen molar-refractivity contribution in [3.8, 4) is 0 Å². The molecule has 0 saturated carbocycles. The molecule has 1 heterocycles. The van der Waals surface area contributed by atoms with Crippen molar-refractivity contribution in [1.29, 1.82) is 0 Å². The van der Waals surface area contributed by atoms with E-state index >= 15 is 0 Å². The van der Waals surface area contributed by atoms with E-state index in [0.29, 0.717) is 13.2 Å². The number of benzene rings is 1. The number of amides is 1. The van der Waals surface area contributed by atoms with E-state index in [2.05, 4.69) is 5.32 Å². The van der Waals surface area contributed by atoms with Gasteiger partial charge >= 0.3 is 12.1 Å². The minimum absolute atomic E-state index is 0.0922. The van der Waals surface area contributed by atoms with Gasteiger partial charge in [0.25, 0.3) is 0 Å². The van der Waals surface area contributed by atoms with E-state index in [1.807, 2.05) is 30.3 Å². The molecule has 1 saturated heterocycles. The van der Waals surface area contributed by atoms with Crippen LogP contribution in [0.2, 0.25) is 0 Å². The molecule has 1 aromatic carbocycles. The number of methoxy groups -OCH3 is 1. The molecule has 22 heavy (non-hydrogen) atoms. The highest BCUT2D eigenvalue weighted by atomic mass is 16.6. The fourth-order valence-corrected chi connectivity index (χ4v) is 2.42. The van der Waals surface area contributed by atoms with E-state index in [1.54, 1.807) is 0 Å². The molecule has 0 aromatic heterocycles. The molecule has 1 aliphatic rings. The molecule has 0 aliphatic carbocycles. The Morgan fingerprint density at radius 1 is 1.36 bits per heavy atom. The van der Waals surface area contributed by atoms with Crippen LogP contribution in [0.15, 0.2) is 30.3 Å². The van der Waals surface area contributed by atoms with Crippen LogP contribution in [0.5, 0.6) is 0 Å². The highest BCUT2D eigenvalue weighted by Gasteiger charge is 2.32. The zero-order valence-corrected chi connectivity index (χ0v) is 12.6. The van der Waals surface area contributed by atoms with Gasteiger partial charge in [0.2, 0.25) is 0 Å². The van der Waals surface area contributed by atoms with E-state index in [4.69, 9.17) is 14.2 Å². The second-order valence-electron chi connectivity index (χ2n) is 5.18. The quantitative estimate of drug-likeness (QED) is 0.841. The molecule has 6 nitrogen and oxygen atoms in total. The summed E-state index contributed by atoms with van der Waals surface area (Å²) in [5.74, 6) is -0.572. The summed E-state index contributed by atoms with van der Waals surface area (Å²) in [4.78, 5) is 23.8. The summed E-state index contributed by atoms with van der Waals surface area (Å²) >= 11 is 0. The van der Waals surface area contributed by atoms with Crippen LogP contribution in [0.1, 0.15) is 18.4 Å². The van der Waals surface area contributed by atoms with Gasteiger partial charge in [0.1, 0.15) is 12.6 Å². The Bertz CT molecular complexity index is 485. The van der Waals surface area contributed by atoms with Crippen LogP contribution >= 0.6 is 0 Å². The van der Waals surface area contributed by atoms with Gasteiger partial charge in [0.15, 0.2) is 0 Å². The van der Waals surface area contributed by atoms with Gasteiger partial charge in [-0.25, -0.2) is 9.59 Å². The second-order valence-corrected chi connectivity index (χ2v) is 5.18. The number of carbonyl (C=O) groups excluding carboxylic acids is 2. The van der Waals surface area contributed by atoms with Crippen LogP contribution in [0.3, 0.4) is 0 Å². The number of carbonyl (C=O) groups is 2. The number of esters is 1. The highest BCUT2D eigenvalue weighted by Crippen LogP contribution is 2.18. The molecule has 1 aliphatic heterocycles. The van der Waals surface area contributed by atoms with Gasteiger partial charge in [0, 0.05) is 12.5 Å². The lowest BCUT2D eigenvalue weighted by atomic mass is 9.94. The third-order valence-electron chi connectivity index (χ3n) is 3.61. The van der Waals surface area contributed by atoms with Crippen molar-refractivity contribution in [3.63, 3.8) is 0 Å². The third kappa shape index (κ3) is 4.73. The predicted octanol–water partition coefficient (Wildman–Crippen LogP) is 1.88. The molecule has 1 aromatic rings. The molecule has 2 rings (SSSR count). The lowest BCUT2D eigenvalue weighted by Crippen LogP contribution is -2.49. The average Bonchev–Trinajstić information content (AvgIpc) is 2.59. The fraction of sp³-hybridized carbons (Fsp3) is 0.500. The van der Waals surface area contributed by atoms with Crippen molar-refractivity contribution in [2.45, 2.75) is 25.5 Å². The lowest BCUT2D eigenvalue weighted by molar-refractivity contribution is -0.146. The van der Waals surface area contributed by atoms with E-state index in [9.17, 15) is 9.59 Å². The van der Waals surface area contributed by atoms with E-state index in [-0.39, 0.29) is 12.5 Å². The molecule has 0 spiro atoms. The topological polar surface area (TPSA) is 73.9 Å². The van der Waals surface area contributed by atoms with Crippen LogP contribution in [0, 0.1) is 5.92 Å². The summed E-state index contributed by atoms with van der Waals surface area (Å²) < 4.78 is 15.3. The summed E-state index contributed by atoms with van der Waals surface area (Å²) in [6.45, 7) is 1.27. The maximum atomic E-state index is 11.9. The Kier molecular flexibility index (Phi) is 6.21. The summed E-state index contributed by atoms with van der Waals surface area (Å²) in [7, 11) is 1.30. The van der Waals surface area contributed by atoms with Crippen molar-refractivity contribution in [1.82, 2.24) is 5.32 Å². The van der Waals surface area contributed by atoms with Gasteiger partial charge in [-0.1, -0.05) is 30.3 Å². The molecule has 1 fully saturated rings. The van der Waals surface area contributed by atoms with Crippen LogP contribution in [0.4, 0.5) is 4.79 Å². The van der Waals surface area contributed by atoms with Crippen LogP contribution < -0.4 is 5.32 Å². The Morgan fingerprint density at radius 2 is 2.14 bits per heavy atom. The number of hydrogen-bond donors (Lipinski definition) is 1. The van der Waals surface area contributed by atoms with Crippen molar-refractivity contribution in [2.24, 2.45) is 5.92 Å². The first-order valence-electron chi connectivity index (χ1n) is 7.33. The number of nitrogens with one attached hydrogen (secondary N) is 1. The van der Waals surface area contributed by atoms with Gasteiger partial charge in [-0.2, -0.15) is 0 Å². The minimum Gasteiger partial charge on any atom is -0.467 e. The summed E-state index contributed by atoms with van der Waals surface area (Å²) in [5.41, 5.74) is 0.883. The van der Waals surface area contributed by atoms with Gasteiger partial charge in [-0.3, -0.25) is 0 Å². The number of rotatable bonds is 5. The summed E-state index contributed by atoms with van der Waals surface area (Å²) in [6, 6.07) is 8.61. The molecule has 120 valence electrons. The van der Waals surface area contributed by atoms with E-state index in [1.165, 1.54) is 7.11 Å². The van der Waals surface area contributed by atoms with E-state index < -0.39 is 18.1 Å². The van der Waals surface area contributed by atoms with Crippen molar-refractivity contribution >= 4 is 12.1 Å². The standard InChI is InChI=1S/C16H21NO5/c1-20-15(18)14(13-8-5-9-21-11-13)17-16(19)22-10-12-6-3-2-4-7-12/h2-4,6-7,13-14H,5,8-11H2,1H3,(H,17,19). The SMILES string of the molecule is COC(=O)C(NC(=O)OCc1ccccc1)C1CCCOC1. The molecule has 0 bridgehead atoms. The zero-order chi connectivity index (χ0) is 15.8. The lowest BCUT2D eigenvalue weighted by Gasteiger charge is -2.28. The van der Waals surface area contributed by atoms with Gasteiger partial charge in [0.05, 0.1) is 13.7 Å². The van der Waals surface area contributed by atoms with Crippen molar-refractivity contribution in [3.05, 3.63) is 35.9 Å². The molecular weight excluding hydrogens is 286 g/mol. The normalized spacial score (nSPS) is 19.0. The first-order valence-corrected chi connectivity index (χ1v) is 7.33. The smallest absolute Gasteiger partial charge is 0.408 e. The third-order valence-corrected chi connectivity index (χ3v) is 3.61. The van der Waals surface area contributed by atoms with Crippen LogP contribution in [0.25, 0.3) is 0 Å². The largest absolute Gasteiger partial charge is 0.467 e. The summed E-state index contributed by atoms with van der Waals surface area (Å²) in [5, 5.41) is 2.59. The Balaban J connectivity index is 1.88.